The van der Waals surface area contributed by atoms with E-state index in [9.17, 15) is 4.79 Å². The first-order valence-corrected chi connectivity index (χ1v) is 6.98. The summed E-state index contributed by atoms with van der Waals surface area (Å²) in [4.78, 5) is 14.1. The number of phenols is 1. The van der Waals surface area contributed by atoms with Crippen molar-refractivity contribution in [3.05, 3.63) is 78.4 Å². The van der Waals surface area contributed by atoms with Gasteiger partial charge < -0.3 is 10.1 Å². The molecule has 1 aromatic heterocycles. The van der Waals surface area contributed by atoms with Gasteiger partial charge in [0.25, 0.3) is 0 Å². The Morgan fingerprint density at radius 3 is 2.14 bits per heavy atom. The number of H-pyrrole nitrogens is 1. The third-order valence-corrected chi connectivity index (χ3v) is 3.46. The van der Waals surface area contributed by atoms with Crippen molar-refractivity contribution in [1.29, 1.82) is 0 Å². The topological polar surface area (TPSA) is 53.1 Å². The summed E-state index contributed by atoms with van der Waals surface area (Å²) in [6.45, 7) is 0. The fourth-order valence-electron chi connectivity index (χ4n) is 2.42. The zero-order valence-corrected chi connectivity index (χ0v) is 11.9. The second kappa shape index (κ2) is 6.14. The lowest BCUT2D eigenvalue weighted by Gasteiger charge is -1.92. The number of rotatable bonds is 1. The number of benzene rings is 3. The maximum absolute atomic E-state index is 10.9. The van der Waals surface area contributed by atoms with Crippen LogP contribution < -0.4 is 0 Å². The van der Waals surface area contributed by atoms with Gasteiger partial charge in [-0.15, -0.1) is 0 Å². The molecule has 0 saturated heterocycles. The molecule has 0 aliphatic rings. The van der Waals surface area contributed by atoms with Gasteiger partial charge in [0.15, 0.2) is 6.29 Å². The van der Waals surface area contributed by atoms with Crippen molar-refractivity contribution in [2.24, 2.45) is 0 Å². The number of carbonyl (C=O) groups is 1. The van der Waals surface area contributed by atoms with E-state index < -0.39 is 0 Å². The number of phenolic OH excluding ortho intramolecular Hbond substituents is 1. The number of aromatic hydroxyl groups is 1. The first-order valence-electron chi connectivity index (χ1n) is 6.98. The molecular formula is C19H15NO2. The zero-order valence-electron chi connectivity index (χ0n) is 11.9. The van der Waals surface area contributed by atoms with E-state index in [1.807, 2.05) is 42.5 Å². The standard InChI is InChI=1S/C13H9NO.C6H6O/c15-8-9-4-3-6-11-10-5-1-2-7-12(10)14-13(9)11;7-6-4-2-1-3-5-6/h1-8,14H;1-5,7H. The predicted octanol–water partition coefficient (Wildman–Crippen LogP) is 4.53. The second-order valence-corrected chi connectivity index (χ2v) is 4.89. The van der Waals surface area contributed by atoms with E-state index in [0.29, 0.717) is 11.3 Å². The Morgan fingerprint density at radius 1 is 0.773 bits per heavy atom. The van der Waals surface area contributed by atoms with E-state index in [2.05, 4.69) is 11.1 Å². The van der Waals surface area contributed by atoms with Crippen LogP contribution in [-0.2, 0) is 0 Å². The van der Waals surface area contributed by atoms with Crippen LogP contribution >= 0.6 is 0 Å². The average Bonchev–Trinajstić information content (AvgIpc) is 2.95. The fourth-order valence-corrected chi connectivity index (χ4v) is 2.42. The van der Waals surface area contributed by atoms with E-state index in [1.165, 1.54) is 0 Å². The van der Waals surface area contributed by atoms with Gasteiger partial charge in [-0.25, -0.2) is 0 Å². The summed E-state index contributed by atoms with van der Waals surface area (Å²) >= 11 is 0. The Balaban J connectivity index is 0.000000174. The van der Waals surface area contributed by atoms with E-state index in [4.69, 9.17) is 5.11 Å². The van der Waals surface area contributed by atoms with Gasteiger partial charge in [0.2, 0.25) is 0 Å². The molecule has 2 N–H and O–H groups in total. The molecule has 0 bridgehead atoms. The highest BCUT2D eigenvalue weighted by molar-refractivity contribution is 6.11. The molecule has 0 radical (unpaired) electrons. The van der Waals surface area contributed by atoms with Crippen molar-refractivity contribution in [1.82, 2.24) is 4.98 Å². The molecule has 0 amide bonds. The molecule has 4 rings (SSSR count). The highest BCUT2D eigenvalue weighted by atomic mass is 16.3. The largest absolute Gasteiger partial charge is 0.508 e. The predicted molar refractivity (Wildman–Crippen MR) is 89.3 cm³/mol. The van der Waals surface area contributed by atoms with Crippen molar-refractivity contribution >= 4 is 28.1 Å². The number of hydrogen-bond acceptors (Lipinski definition) is 2. The van der Waals surface area contributed by atoms with Gasteiger partial charge in [-0.1, -0.05) is 48.5 Å². The molecule has 0 aliphatic carbocycles. The van der Waals surface area contributed by atoms with Crippen molar-refractivity contribution in [3.8, 4) is 5.75 Å². The van der Waals surface area contributed by atoms with Crippen LogP contribution in [0.1, 0.15) is 10.4 Å². The summed E-state index contributed by atoms with van der Waals surface area (Å²) in [5.74, 6) is 0.322. The highest BCUT2D eigenvalue weighted by Crippen LogP contribution is 2.26. The molecule has 0 unspecified atom stereocenters. The van der Waals surface area contributed by atoms with Crippen molar-refractivity contribution in [2.75, 3.05) is 0 Å². The summed E-state index contributed by atoms with van der Waals surface area (Å²) in [5, 5.41) is 10.9. The lowest BCUT2D eigenvalue weighted by molar-refractivity contribution is 0.112. The molecule has 1 heterocycles. The van der Waals surface area contributed by atoms with E-state index in [-0.39, 0.29) is 0 Å². The molecule has 3 nitrogen and oxygen atoms in total. The highest BCUT2D eigenvalue weighted by Gasteiger charge is 2.05. The molecule has 0 saturated carbocycles. The maximum atomic E-state index is 10.9. The van der Waals surface area contributed by atoms with Gasteiger partial charge in [-0.2, -0.15) is 0 Å². The molecule has 108 valence electrons. The molecule has 3 heteroatoms. The third-order valence-electron chi connectivity index (χ3n) is 3.46. The quantitative estimate of drug-likeness (QED) is 0.506. The lowest BCUT2D eigenvalue weighted by atomic mass is 10.1. The van der Waals surface area contributed by atoms with E-state index >= 15 is 0 Å². The van der Waals surface area contributed by atoms with Crippen LogP contribution in [0.4, 0.5) is 0 Å². The number of aldehydes is 1. The van der Waals surface area contributed by atoms with Crippen molar-refractivity contribution in [2.45, 2.75) is 0 Å². The molecular weight excluding hydrogens is 274 g/mol. The number of fused-ring (bicyclic) bond motifs is 3. The molecule has 0 fully saturated rings. The minimum absolute atomic E-state index is 0.322. The third kappa shape index (κ3) is 2.69. The minimum atomic E-state index is 0.322. The molecule has 22 heavy (non-hydrogen) atoms. The molecule has 0 atom stereocenters. The van der Waals surface area contributed by atoms with Gasteiger partial charge in [-0.05, 0) is 24.3 Å². The molecule has 0 spiro atoms. The van der Waals surface area contributed by atoms with Gasteiger partial charge >= 0.3 is 0 Å². The number of aromatic nitrogens is 1. The first-order chi connectivity index (χ1) is 10.8. The minimum Gasteiger partial charge on any atom is -0.508 e. The maximum Gasteiger partial charge on any atom is 0.152 e. The van der Waals surface area contributed by atoms with Crippen LogP contribution in [-0.4, -0.2) is 16.4 Å². The molecule has 3 aromatic carbocycles. The summed E-state index contributed by atoms with van der Waals surface area (Å²) in [6.07, 6.45) is 0.887. The average molecular weight is 289 g/mol. The summed E-state index contributed by atoms with van der Waals surface area (Å²) in [7, 11) is 0. The summed E-state index contributed by atoms with van der Waals surface area (Å²) in [5.41, 5.74) is 2.71. The SMILES string of the molecule is O=Cc1cccc2c1[nH]c1ccccc12.Oc1ccccc1. The van der Waals surface area contributed by atoms with Gasteiger partial charge in [-0.3, -0.25) is 4.79 Å². The monoisotopic (exact) mass is 289 g/mol. The summed E-state index contributed by atoms with van der Waals surface area (Å²) < 4.78 is 0. The zero-order chi connectivity index (χ0) is 15.4. The lowest BCUT2D eigenvalue weighted by Crippen LogP contribution is -1.80. The Bertz CT molecular complexity index is 910. The van der Waals surface area contributed by atoms with Crippen LogP contribution in [0, 0.1) is 0 Å². The number of nitrogens with one attached hydrogen (secondary N) is 1. The van der Waals surface area contributed by atoms with Crippen LogP contribution in [0.2, 0.25) is 0 Å². The van der Waals surface area contributed by atoms with E-state index in [1.54, 1.807) is 24.3 Å². The van der Waals surface area contributed by atoms with E-state index in [0.717, 1.165) is 28.1 Å². The number of hydrogen-bond donors (Lipinski definition) is 2. The van der Waals surface area contributed by atoms with Crippen molar-refractivity contribution in [3.63, 3.8) is 0 Å². The molecule has 0 aliphatic heterocycles. The van der Waals surface area contributed by atoms with Crippen LogP contribution in [0.3, 0.4) is 0 Å². The second-order valence-electron chi connectivity index (χ2n) is 4.89. The number of carbonyl (C=O) groups excluding carboxylic acids is 1. The molecule has 4 aromatic rings. The Labute approximate surface area is 127 Å². The Hall–Kier alpha value is -3.07. The first kappa shape index (κ1) is 13.9. The van der Waals surface area contributed by atoms with Crippen molar-refractivity contribution < 1.29 is 9.90 Å². The summed E-state index contributed by atoms with van der Waals surface area (Å²) in [6, 6.07) is 22.5. The number of aromatic amines is 1. The van der Waals surface area contributed by atoms with Gasteiger partial charge in [0, 0.05) is 21.9 Å². The van der Waals surface area contributed by atoms with Gasteiger partial charge in [0.1, 0.15) is 5.75 Å². The fraction of sp³-hybridized carbons (Fsp3) is 0. The van der Waals surface area contributed by atoms with Crippen LogP contribution in [0.15, 0.2) is 72.8 Å². The smallest absolute Gasteiger partial charge is 0.152 e. The van der Waals surface area contributed by atoms with Crippen LogP contribution in [0.25, 0.3) is 21.8 Å². The normalized spacial score (nSPS) is 10.2. The Kier molecular flexibility index (Phi) is 3.88. The van der Waals surface area contributed by atoms with Crippen LogP contribution in [0.5, 0.6) is 5.75 Å². The number of para-hydroxylation sites is 3. The Morgan fingerprint density at radius 2 is 1.45 bits per heavy atom. The van der Waals surface area contributed by atoms with Gasteiger partial charge in [0.05, 0.1) is 5.52 Å².